The van der Waals surface area contributed by atoms with Crippen LogP contribution in [0.15, 0.2) is 18.2 Å². The van der Waals surface area contributed by atoms with Gasteiger partial charge in [0, 0.05) is 6.54 Å². The lowest BCUT2D eigenvalue weighted by molar-refractivity contribution is -0.119. The molecule has 1 aromatic rings. The van der Waals surface area contributed by atoms with Crippen LogP contribution in [0.3, 0.4) is 0 Å². The zero-order chi connectivity index (χ0) is 17.6. The predicted octanol–water partition coefficient (Wildman–Crippen LogP) is 1.14. The van der Waals surface area contributed by atoms with Gasteiger partial charge in [-0.25, -0.2) is 8.42 Å². The Morgan fingerprint density at radius 1 is 1.22 bits per heavy atom. The molecular weight excluding hydrogens is 314 g/mol. The van der Waals surface area contributed by atoms with Crippen molar-refractivity contribution in [1.82, 2.24) is 10.2 Å². The molecule has 0 atom stereocenters. The van der Waals surface area contributed by atoms with Crippen molar-refractivity contribution >= 4 is 21.6 Å². The summed E-state index contributed by atoms with van der Waals surface area (Å²) >= 11 is 0. The van der Waals surface area contributed by atoms with Gasteiger partial charge in [0.2, 0.25) is 15.9 Å². The van der Waals surface area contributed by atoms with Gasteiger partial charge in [0.1, 0.15) is 6.54 Å². The standard InChI is InChI=1S/C16H27N3O3S/c1-13-8-6-9-15(14(13)2)19(23(5,21)22)12-16(20)17-10-7-11-18(3)4/h6,8-9H,7,10-12H2,1-5H3,(H,17,20). The number of hydrogen-bond donors (Lipinski definition) is 1. The number of hydrogen-bond acceptors (Lipinski definition) is 4. The minimum absolute atomic E-state index is 0.203. The van der Waals surface area contributed by atoms with E-state index in [1.165, 1.54) is 0 Å². The van der Waals surface area contributed by atoms with Crippen LogP contribution in [-0.2, 0) is 14.8 Å². The number of amides is 1. The largest absolute Gasteiger partial charge is 0.354 e. The first-order chi connectivity index (χ1) is 10.6. The maximum absolute atomic E-state index is 12.1. The van der Waals surface area contributed by atoms with Crippen molar-refractivity contribution in [3.63, 3.8) is 0 Å². The van der Waals surface area contributed by atoms with Gasteiger partial charge >= 0.3 is 0 Å². The highest BCUT2D eigenvalue weighted by molar-refractivity contribution is 7.92. The second kappa shape index (κ2) is 8.31. The van der Waals surface area contributed by atoms with Gasteiger partial charge in [-0.3, -0.25) is 9.10 Å². The van der Waals surface area contributed by atoms with Gasteiger partial charge in [-0.05, 0) is 58.1 Å². The molecule has 1 N–H and O–H groups in total. The molecule has 1 aromatic carbocycles. The van der Waals surface area contributed by atoms with E-state index in [2.05, 4.69) is 5.32 Å². The van der Waals surface area contributed by atoms with Gasteiger partial charge in [0.05, 0.1) is 11.9 Å². The fourth-order valence-electron chi connectivity index (χ4n) is 2.20. The zero-order valence-electron chi connectivity index (χ0n) is 14.6. The molecule has 0 bridgehead atoms. The SMILES string of the molecule is Cc1cccc(N(CC(=O)NCCCN(C)C)S(C)(=O)=O)c1C. The number of nitrogens with one attached hydrogen (secondary N) is 1. The summed E-state index contributed by atoms with van der Waals surface area (Å²) < 4.78 is 25.3. The van der Waals surface area contributed by atoms with Crippen LogP contribution in [0.25, 0.3) is 0 Å². The van der Waals surface area contributed by atoms with E-state index in [0.29, 0.717) is 12.2 Å². The molecule has 0 aliphatic heterocycles. The van der Waals surface area contributed by atoms with Crippen molar-refractivity contribution in [2.45, 2.75) is 20.3 Å². The fourth-order valence-corrected chi connectivity index (χ4v) is 3.10. The molecule has 0 heterocycles. The maximum Gasteiger partial charge on any atom is 0.240 e. The van der Waals surface area contributed by atoms with Gasteiger partial charge < -0.3 is 10.2 Å². The first-order valence-electron chi connectivity index (χ1n) is 7.58. The highest BCUT2D eigenvalue weighted by Gasteiger charge is 2.22. The van der Waals surface area contributed by atoms with Crippen LogP contribution >= 0.6 is 0 Å². The van der Waals surface area contributed by atoms with Crippen LogP contribution in [0.2, 0.25) is 0 Å². The minimum atomic E-state index is -3.53. The lowest BCUT2D eigenvalue weighted by atomic mass is 10.1. The van der Waals surface area contributed by atoms with Crippen molar-refractivity contribution in [2.24, 2.45) is 0 Å². The number of nitrogens with zero attached hydrogens (tertiary/aromatic N) is 2. The molecule has 1 amide bonds. The number of sulfonamides is 1. The van der Waals surface area contributed by atoms with Crippen LogP contribution in [0.5, 0.6) is 0 Å². The number of anilines is 1. The number of benzene rings is 1. The molecule has 0 saturated heterocycles. The third-order valence-corrected chi connectivity index (χ3v) is 4.76. The van der Waals surface area contributed by atoms with Gasteiger partial charge in [0.15, 0.2) is 0 Å². The average Bonchev–Trinajstić information content (AvgIpc) is 2.43. The Kier molecular flexibility index (Phi) is 7.02. The van der Waals surface area contributed by atoms with Crippen molar-refractivity contribution in [2.75, 3.05) is 44.3 Å². The quantitative estimate of drug-likeness (QED) is 0.720. The van der Waals surface area contributed by atoms with Crippen LogP contribution in [0.1, 0.15) is 17.5 Å². The minimum Gasteiger partial charge on any atom is -0.354 e. The van der Waals surface area contributed by atoms with Crippen molar-refractivity contribution in [1.29, 1.82) is 0 Å². The summed E-state index contributed by atoms with van der Waals surface area (Å²) in [6, 6.07) is 5.44. The smallest absolute Gasteiger partial charge is 0.240 e. The normalized spacial score (nSPS) is 11.6. The Bertz CT molecular complexity index is 642. The monoisotopic (exact) mass is 341 g/mol. The van der Waals surface area contributed by atoms with E-state index in [-0.39, 0.29) is 12.5 Å². The van der Waals surface area contributed by atoms with Gasteiger partial charge in [0.25, 0.3) is 0 Å². The van der Waals surface area contributed by atoms with Crippen LogP contribution in [0.4, 0.5) is 5.69 Å². The molecule has 0 aliphatic rings. The van der Waals surface area contributed by atoms with E-state index < -0.39 is 10.0 Å². The Morgan fingerprint density at radius 3 is 2.43 bits per heavy atom. The van der Waals surface area contributed by atoms with Gasteiger partial charge in [-0.15, -0.1) is 0 Å². The average molecular weight is 341 g/mol. The van der Waals surface area contributed by atoms with Crippen molar-refractivity contribution in [3.8, 4) is 0 Å². The number of rotatable bonds is 8. The first-order valence-corrected chi connectivity index (χ1v) is 9.43. The molecule has 23 heavy (non-hydrogen) atoms. The number of carbonyl (C=O) groups is 1. The van der Waals surface area contributed by atoms with Gasteiger partial charge in [-0.2, -0.15) is 0 Å². The second-order valence-electron chi connectivity index (χ2n) is 6.00. The van der Waals surface area contributed by atoms with E-state index >= 15 is 0 Å². The molecule has 0 spiro atoms. The van der Waals surface area contributed by atoms with E-state index in [1.807, 2.05) is 38.9 Å². The molecule has 0 unspecified atom stereocenters. The topological polar surface area (TPSA) is 69.7 Å². The summed E-state index contributed by atoms with van der Waals surface area (Å²) in [4.78, 5) is 14.1. The summed E-state index contributed by atoms with van der Waals surface area (Å²) in [5.74, 6) is -0.296. The van der Waals surface area contributed by atoms with Crippen LogP contribution < -0.4 is 9.62 Å². The Morgan fingerprint density at radius 2 is 1.87 bits per heavy atom. The molecule has 1 rings (SSSR count). The molecule has 0 radical (unpaired) electrons. The molecule has 0 aromatic heterocycles. The van der Waals surface area contributed by atoms with E-state index in [9.17, 15) is 13.2 Å². The highest BCUT2D eigenvalue weighted by atomic mass is 32.2. The molecule has 7 heteroatoms. The number of carbonyl (C=O) groups excluding carboxylic acids is 1. The summed E-state index contributed by atoms with van der Waals surface area (Å²) in [6.45, 7) is 4.97. The molecular formula is C16H27N3O3S. The van der Waals surface area contributed by atoms with Crippen LogP contribution in [-0.4, -0.2) is 59.2 Å². The first kappa shape index (κ1) is 19.4. The van der Waals surface area contributed by atoms with E-state index in [4.69, 9.17) is 0 Å². The highest BCUT2D eigenvalue weighted by Crippen LogP contribution is 2.24. The lowest BCUT2D eigenvalue weighted by Crippen LogP contribution is -2.41. The molecule has 0 aliphatic carbocycles. The second-order valence-corrected chi connectivity index (χ2v) is 7.90. The van der Waals surface area contributed by atoms with Gasteiger partial charge in [-0.1, -0.05) is 12.1 Å². The lowest BCUT2D eigenvalue weighted by Gasteiger charge is -2.24. The van der Waals surface area contributed by atoms with E-state index in [1.54, 1.807) is 12.1 Å². The summed E-state index contributed by atoms with van der Waals surface area (Å²) in [6.07, 6.45) is 1.94. The molecule has 0 saturated carbocycles. The molecule has 6 nitrogen and oxygen atoms in total. The zero-order valence-corrected chi connectivity index (χ0v) is 15.4. The molecule has 130 valence electrons. The Labute approximate surface area is 139 Å². The molecule has 0 fully saturated rings. The third-order valence-electron chi connectivity index (χ3n) is 3.64. The Balaban J connectivity index is 2.81. The fraction of sp³-hybridized carbons (Fsp3) is 0.562. The van der Waals surface area contributed by atoms with Crippen molar-refractivity contribution in [3.05, 3.63) is 29.3 Å². The Hall–Kier alpha value is -1.60. The maximum atomic E-state index is 12.1. The van der Waals surface area contributed by atoms with Crippen molar-refractivity contribution < 1.29 is 13.2 Å². The summed E-state index contributed by atoms with van der Waals surface area (Å²) in [5, 5.41) is 2.77. The van der Waals surface area contributed by atoms with E-state index in [0.717, 1.165) is 34.7 Å². The summed E-state index contributed by atoms with van der Waals surface area (Å²) in [7, 11) is 0.400. The van der Waals surface area contributed by atoms with Crippen LogP contribution in [0, 0.1) is 13.8 Å². The third kappa shape index (κ3) is 6.19. The summed E-state index contributed by atoms with van der Waals surface area (Å²) in [5.41, 5.74) is 2.40. The predicted molar refractivity (Wildman–Crippen MR) is 94.3 cm³/mol. The number of aryl methyl sites for hydroxylation is 1.